The maximum atomic E-state index is 12.4. The first-order valence-corrected chi connectivity index (χ1v) is 13.6. The zero-order chi connectivity index (χ0) is 29.1. The Balaban J connectivity index is 1.58. The van der Waals surface area contributed by atoms with E-state index in [4.69, 9.17) is 9.47 Å². The molecule has 206 valence electrons. The number of carbonyl (C=O) groups excluding carboxylic acids is 2. The van der Waals surface area contributed by atoms with Crippen molar-refractivity contribution in [2.24, 2.45) is 23.7 Å². The minimum Gasteiger partial charge on any atom is -0.461 e. The lowest BCUT2D eigenvalue weighted by Gasteiger charge is -2.12. The highest BCUT2D eigenvalue weighted by atomic mass is 16.5. The number of hydrogen-bond donors (Lipinski definition) is 0. The summed E-state index contributed by atoms with van der Waals surface area (Å²) in [5, 5.41) is 18.5. The summed E-state index contributed by atoms with van der Waals surface area (Å²) in [7, 11) is 0. The Hall–Kier alpha value is -4.42. The molecular weight excluding hydrogens is 500 g/mol. The molecule has 0 fully saturated rings. The molecule has 0 aliphatic heterocycles. The number of benzene rings is 3. The molecule has 0 unspecified atom stereocenters. The van der Waals surface area contributed by atoms with Crippen LogP contribution in [-0.2, 0) is 9.47 Å². The molecule has 0 aromatic heterocycles. The molecule has 0 spiro atoms. The first kappa shape index (κ1) is 30.1. The Morgan fingerprint density at radius 2 is 0.850 bits per heavy atom. The van der Waals surface area contributed by atoms with Crippen molar-refractivity contribution in [3.63, 3.8) is 0 Å². The zero-order valence-corrected chi connectivity index (χ0v) is 23.6. The molecule has 6 nitrogen and oxygen atoms in total. The summed E-state index contributed by atoms with van der Waals surface area (Å²) >= 11 is 0. The number of esters is 2. The summed E-state index contributed by atoms with van der Waals surface area (Å²) in [5.74, 6) is -0.745. The molecule has 3 rings (SSSR count). The van der Waals surface area contributed by atoms with Crippen LogP contribution in [0.1, 0.15) is 61.3 Å². The summed E-state index contributed by atoms with van der Waals surface area (Å²) in [4.78, 5) is 24.8. The Morgan fingerprint density at radius 1 is 0.575 bits per heavy atom. The molecule has 0 heterocycles. The predicted molar refractivity (Wildman–Crippen MR) is 155 cm³/mol. The van der Waals surface area contributed by atoms with Gasteiger partial charge in [0.15, 0.2) is 0 Å². The Kier molecular flexibility index (Phi) is 11.0. The monoisotopic (exact) mass is 536 g/mol. The van der Waals surface area contributed by atoms with Gasteiger partial charge in [-0.15, -0.1) is 0 Å². The summed E-state index contributed by atoms with van der Waals surface area (Å²) in [6.07, 6.45) is 1.38. The van der Waals surface area contributed by atoms with Crippen molar-refractivity contribution in [2.45, 2.75) is 40.5 Å². The lowest BCUT2D eigenvalue weighted by Crippen LogP contribution is -2.14. The molecule has 0 radical (unpaired) electrons. The number of ether oxygens (including phenoxy) is 2. The van der Waals surface area contributed by atoms with Crippen LogP contribution in [0.4, 0.5) is 0 Å². The van der Waals surface area contributed by atoms with Gasteiger partial charge in [0, 0.05) is 0 Å². The standard InChI is InChI=1S/C34H36N2O4/c1-23(2)17-25(19-35)21-39-33(37)31-13-9-29(10-14-31)27-5-7-28(8-6-27)30-11-15-32(16-12-30)34(38)40-22-26(20-36)18-24(3)4/h5-16,23-26H,17-18,21-22H2,1-4H3/t25-,26-/m0/s1. The van der Waals surface area contributed by atoms with E-state index in [-0.39, 0.29) is 25.0 Å². The summed E-state index contributed by atoms with van der Waals surface area (Å²) in [6, 6.07) is 26.8. The Morgan fingerprint density at radius 3 is 1.10 bits per heavy atom. The predicted octanol–water partition coefficient (Wildman–Crippen LogP) is 7.71. The fourth-order valence-electron chi connectivity index (χ4n) is 4.43. The van der Waals surface area contributed by atoms with Gasteiger partial charge in [0.1, 0.15) is 13.2 Å². The first-order chi connectivity index (χ1) is 19.2. The highest BCUT2D eigenvalue weighted by molar-refractivity contribution is 5.91. The highest BCUT2D eigenvalue weighted by Crippen LogP contribution is 2.26. The third kappa shape index (κ3) is 8.82. The van der Waals surface area contributed by atoms with Gasteiger partial charge in [0.25, 0.3) is 0 Å². The summed E-state index contributed by atoms with van der Waals surface area (Å²) in [6.45, 7) is 8.34. The number of hydrogen-bond acceptors (Lipinski definition) is 6. The van der Waals surface area contributed by atoms with Crippen LogP contribution in [0.2, 0.25) is 0 Å². The molecule has 0 saturated heterocycles. The van der Waals surface area contributed by atoms with Crippen LogP contribution in [0.15, 0.2) is 72.8 Å². The smallest absolute Gasteiger partial charge is 0.338 e. The van der Waals surface area contributed by atoms with Gasteiger partial charge >= 0.3 is 11.9 Å². The summed E-state index contributed by atoms with van der Waals surface area (Å²) < 4.78 is 10.7. The van der Waals surface area contributed by atoms with Crippen molar-refractivity contribution in [1.82, 2.24) is 0 Å². The van der Waals surface area contributed by atoms with E-state index in [0.717, 1.165) is 22.3 Å². The van der Waals surface area contributed by atoms with Crippen LogP contribution in [-0.4, -0.2) is 25.2 Å². The van der Waals surface area contributed by atoms with E-state index < -0.39 is 11.9 Å². The van der Waals surface area contributed by atoms with Gasteiger partial charge in [-0.2, -0.15) is 10.5 Å². The van der Waals surface area contributed by atoms with Crippen LogP contribution in [0.5, 0.6) is 0 Å². The molecule has 2 atom stereocenters. The molecular formula is C34H36N2O4. The van der Waals surface area contributed by atoms with E-state index in [9.17, 15) is 20.1 Å². The van der Waals surface area contributed by atoms with E-state index in [1.807, 2.05) is 76.2 Å². The van der Waals surface area contributed by atoms with Crippen molar-refractivity contribution in [1.29, 1.82) is 10.5 Å². The third-order valence-electron chi connectivity index (χ3n) is 6.50. The fraction of sp³-hybridized carbons (Fsp3) is 0.353. The van der Waals surface area contributed by atoms with Crippen LogP contribution in [0.25, 0.3) is 22.3 Å². The van der Waals surface area contributed by atoms with Crippen LogP contribution >= 0.6 is 0 Å². The van der Waals surface area contributed by atoms with Crippen molar-refractivity contribution in [3.05, 3.63) is 83.9 Å². The molecule has 0 aliphatic carbocycles. The maximum Gasteiger partial charge on any atom is 0.338 e. The van der Waals surface area contributed by atoms with Gasteiger partial charge in [-0.3, -0.25) is 0 Å². The first-order valence-electron chi connectivity index (χ1n) is 13.6. The minimum absolute atomic E-state index is 0.0961. The van der Waals surface area contributed by atoms with E-state index in [2.05, 4.69) is 12.1 Å². The second kappa shape index (κ2) is 14.7. The SMILES string of the molecule is CC(C)C[C@@H](C#N)COC(=O)c1ccc(-c2ccc(-c3ccc(C(=O)OC[C@H](C#N)CC(C)C)cc3)cc2)cc1. The lowest BCUT2D eigenvalue weighted by atomic mass is 9.98. The van der Waals surface area contributed by atoms with Crippen molar-refractivity contribution < 1.29 is 19.1 Å². The molecule has 3 aromatic carbocycles. The van der Waals surface area contributed by atoms with Gasteiger partial charge < -0.3 is 9.47 Å². The highest BCUT2D eigenvalue weighted by Gasteiger charge is 2.16. The molecule has 0 aliphatic rings. The normalized spacial score (nSPS) is 12.3. The van der Waals surface area contributed by atoms with Crippen LogP contribution in [0, 0.1) is 46.3 Å². The Bertz CT molecular complexity index is 1240. The third-order valence-corrected chi connectivity index (χ3v) is 6.50. The molecule has 0 amide bonds. The Labute approximate surface area is 237 Å². The van der Waals surface area contributed by atoms with E-state index >= 15 is 0 Å². The van der Waals surface area contributed by atoms with Crippen molar-refractivity contribution in [3.8, 4) is 34.4 Å². The molecule has 0 bridgehead atoms. The largest absolute Gasteiger partial charge is 0.461 e. The fourth-order valence-corrected chi connectivity index (χ4v) is 4.43. The van der Waals surface area contributed by atoms with Gasteiger partial charge in [-0.25, -0.2) is 9.59 Å². The average Bonchev–Trinajstić information content (AvgIpc) is 2.97. The second-order valence-corrected chi connectivity index (χ2v) is 10.8. The number of nitriles is 2. The van der Waals surface area contributed by atoms with Gasteiger partial charge in [-0.1, -0.05) is 76.2 Å². The molecule has 6 heteroatoms. The van der Waals surface area contributed by atoms with E-state index in [1.54, 1.807) is 24.3 Å². The molecule has 3 aromatic rings. The summed E-state index contributed by atoms with van der Waals surface area (Å²) in [5.41, 5.74) is 4.82. The van der Waals surface area contributed by atoms with E-state index in [0.29, 0.717) is 35.8 Å². The van der Waals surface area contributed by atoms with Crippen LogP contribution in [0.3, 0.4) is 0 Å². The maximum absolute atomic E-state index is 12.4. The van der Waals surface area contributed by atoms with Crippen LogP contribution < -0.4 is 0 Å². The molecule has 0 saturated carbocycles. The quantitative estimate of drug-likeness (QED) is 0.220. The van der Waals surface area contributed by atoms with Gasteiger partial charge in [0.2, 0.25) is 0 Å². The van der Waals surface area contributed by atoms with Crippen molar-refractivity contribution >= 4 is 11.9 Å². The number of rotatable bonds is 12. The number of nitrogens with zero attached hydrogens (tertiary/aromatic N) is 2. The van der Waals surface area contributed by atoms with Gasteiger partial charge in [0.05, 0.1) is 35.1 Å². The van der Waals surface area contributed by atoms with Crippen molar-refractivity contribution in [2.75, 3.05) is 13.2 Å². The molecule has 0 N–H and O–H groups in total. The minimum atomic E-state index is -0.432. The lowest BCUT2D eigenvalue weighted by molar-refractivity contribution is 0.0449. The average molecular weight is 537 g/mol. The van der Waals surface area contributed by atoms with Gasteiger partial charge in [-0.05, 0) is 71.2 Å². The van der Waals surface area contributed by atoms with E-state index in [1.165, 1.54) is 0 Å². The second-order valence-electron chi connectivity index (χ2n) is 10.8. The zero-order valence-electron chi connectivity index (χ0n) is 23.6. The molecule has 40 heavy (non-hydrogen) atoms. The topological polar surface area (TPSA) is 100 Å². The number of carbonyl (C=O) groups is 2.